The minimum absolute atomic E-state index is 0. The summed E-state index contributed by atoms with van der Waals surface area (Å²) in [5.41, 5.74) is 1.85. The lowest BCUT2D eigenvalue weighted by molar-refractivity contribution is -0.144. The van der Waals surface area contributed by atoms with Crippen LogP contribution in [0.4, 0.5) is 0 Å². The molecule has 5 nitrogen and oxygen atoms in total. The predicted molar refractivity (Wildman–Crippen MR) is 101 cm³/mol. The number of nitrogens with one attached hydrogen (secondary N) is 1. The molecular weight excluding hydrogens is 354 g/mol. The molecule has 1 aliphatic carbocycles. The van der Waals surface area contributed by atoms with E-state index in [1.807, 2.05) is 24.3 Å². The van der Waals surface area contributed by atoms with E-state index in [0.717, 1.165) is 19.4 Å². The van der Waals surface area contributed by atoms with Gasteiger partial charge in [-0.2, -0.15) is 0 Å². The van der Waals surface area contributed by atoms with Gasteiger partial charge in [0.15, 0.2) is 0 Å². The first-order valence-electron chi connectivity index (χ1n) is 9.09. The molecule has 1 saturated heterocycles. The Kier molecular flexibility index (Phi) is 7.47. The van der Waals surface area contributed by atoms with Gasteiger partial charge in [-0.15, -0.1) is 12.4 Å². The van der Waals surface area contributed by atoms with E-state index in [1.54, 1.807) is 0 Å². The maximum atomic E-state index is 11.8. The van der Waals surface area contributed by atoms with E-state index in [9.17, 15) is 9.59 Å². The molecule has 0 spiro atoms. The first kappa shape index (κ1) is 20.7. The zero-order valence-corrected chi connectivity index (χ0v) is 16.2. The minimum Gasteiger partial charge on any atom is -0.468 e. The highest BCUT2D eigenvalue weighted by Crippen LogP contribution is 2.39. The summed E-state index contributed by atoms with van der Waals surface area (Å²) < 4.78 is 9.63. The van der Waals surface area contributed by atoms with E-state index in [1.165, 1.54) is 39.0 Å². The number of rotatable bonds is 4. The highest BCUT2D eigenvalue weighted by atomic mass is 35.5. The highest BCUT2D eigenvalue weighted by Gasteiger charge is 2.37. The average Bonchev–Trinajstić information content (AvgIpc) is 2.66. The van der Waals surface area contributed by atoms with Gasteiger partial charge in [-0.1, -0.05) is 12.1 Å². The SMILES string of the molecule is COC(=O)c1ccc(C[C@H]2CC[C@H]3CN[C@H](C(=O)OC)C[C@H]3C2)cc1.Cl. The van der Waals surface area contributed by atoms with Crippen molar-refractivity contribution in [1.82, 2.24) is 5.32 Å². The first-order chi connectivity index (χ1) is 12.1. The lowest BCUT2D eigenvalue weighted by atomic mass is 9.68. The number of hydrogen-bond acceptors (Lipinski definition) is 5. The van der Waals surface area contributed by atoms with Crippen LogP contribution in [0.3, 0.4) is 0 Å². The summed E-state index contributed by atoms with van der Waals surface area (Å²) in [7, 11) is 2.85. The van der Waals surface area contributed by atoms with Crippen molar-refractivity contribution in [2.75, 3.05) is 20.8 Å². The molecule has 1 aromatic carbocycles. The molecule has 4 atom stereocenters. The fourth-order valence-corrected chi connectivity index (χ4v) is 4.40. The Balaban J connectivity index is 0.00000243. The molecule has 3 rings (SSSR count). The molecule has 1 heterocycles. The summed E-state index contributed by atoms with van der Waals surface area (Å²) in [5, 5.41) is 3.34. The minimum atomic E-state index is -0.296. The lowest BCUT2D eigenvalue weighted by Gasteiger charge is -2.42. The zero-order valence-electron chi connectivity index (χ0n) is 15.4. The zero-order chi connectivity index (χ0) is 17.8. The van der Waals surface area contributed by atoms with Crippen LogP contribution >= 0.6 is 12.4 Å². The number of hydrogen-bond donors (Lipinski definition) is 1. The molecule has 6 heteroatoms. The fraction of sp³-hybridized carbons (Fsp3) is 0.600. The quantitative estimate of drug-likeness (QED) is 0.812. The van der Waals surface area contributed by atoms with Crippen molar-refractivity contribution >= 4 is 24.3 Å². The summed E-state index contributed by atoms with van der Waals surface area (Å²) in [5.74, 6) is 1.48. The third kappa shape index (κ3) is 4.77. The van der Waals surface area contributed by atoms with E-state index in [-0.39, 0.29) is 30.4 Å². The van der Waals surface area contributed by atoms with Crippen LogP contribution in [0.15, 0.2) is 24.3 Å². The number of piperidine rings is 1. The standard InChI is InChI=1S/C20H27NO4.ClH/c1-24-19(22)15-6-3-13(4-7-15)9-14-5-8-16-12-21-18(20(23)25-2)11-17(16)10-14;/h3-4,6-7,14,16-18,21H,5,8-12H2,1-2H3;1H/t14-,16+,17-,18+;/m1./s1. The van der Waals surface area contributed by atoms with E-state index in [0.29, 0.717) is 23.3 Å². The van der Waals surface area contributed by atoms with Crippen molar-refractivity contribution < 1.29 is 19.1 Å². The molecular formula is C20H28ClNO4. The van der Waals surface area contributed by atoms with Crippen LogP contribution < -0.4 is 5.32 Å². The number of carbonyl (C=O) groups excluding carboxylic acids is 2. The fourth-order valence-electron chi connectivity index (χ4n) is 4.40. The maximum Gasteiger partial charge on any atom is 0.337 e. The molecule has 0 aromatic heterocycles. The van der Waals surface area contributed by atoms with Crippen molar-refractivity contribution in [3.8, 4) is 0 Å². The van der Waals surface area contributed by atoms with Gasteiger partial charge in [0.05, 0.1) is 19.8 Å². The molecule has 0 bridgehead atoms. The molecule has 1 aliphatic heterocycles. The third-order valence-corrected chi connectivity index (χ3v) is 5.80. The number of benzene rings is 1. The Morgan fingerprint density at radius 3 is 2.42 bits per heavy atom. The molecule has 0 radical (unpaired) electrons. The number of methoxy groups -OCH3 is 2. The second-order valence-electron chi connectivity index (χ2n) is 7.31. The Hall–Kier alpha value is -1.59. The molecule has 2 fully saturated rings. The van der Waals surface area contributed by atoms with Crippen LogP contribution in [0.25, 0.3) is 0 Å². The molecule has 1 aromatic rings. The first-order valence-corrected chi connectivity index (χ1v) is 9.09. The summed E-state index contributed by atoms with van der Waals surface area (Å²) in [6, 6.07) is 7.58. The van der Waals surface area contributed by atoms with E-state index < -0.39 is 0 Å². The van der Waals surface area contributed by atoms with Crippen LogP contribution in [0.1, 0.15) is 41.6 Å². The van der Waals surface area contributed by atoms with Crippen molar-refractivity contribution in [3.63, 3.8) is 0 Å². The summed E-state index contributed by atoms with van der Waals surface area (Å²) in [4.78, 5) is 23.3. The molecule has 144 valence electrons. The van der Waals surface area contributed by atoms with Gasteiger partial charge in [-0.05, 0) is 74.1 Å². The van der Waals surface area contributed by atoms with Gasteiger partial charge in [0.1, 0.15) is 6.04 Å². The molecule has 0 unspecified atom stereocenters. The van der Waals surface area contributed by atoms with Crippen LogP contribution in [-0.4, -0.2) is 38.7 Å². The van der Waals surface area contributed by atoms with Gasteiger partial charge in [0, 0.05) is 0 Å². The Bertz CT molecular complexity index is 619. The van der Waals surface area contributed by atoms with Gasteiger partial charge in [-0.3, -0.25) is 4.79 Å². The summed E-state index contributed by atoms with van der Waals surface area (Å²) in [6.45, 7) is 0.922. The number of fused-ring (bicyclic) bond motifs is 1. The van der Waals surface area contributed by atoms with E-state index in [2.05, 4.69) is 5.32 Å². The van der Waals surface area contributed by atoms with Gasteiger partial charge < -0.3 is 14.8 Å². The van der Waals surface area contributed by atoms with Gasteiger partial charge >= 0.3 is 11.9 Å². The largest absolute Gasteiger partial charge is 0.468 e. The van der Waals surface area contributed by atoms with Gasteiger partial charge in [0.25, 0.3) is 0 Å². The monoisotopic (exact) mass is 381 g/mol. The van der Waals surface area contributed by atoms with Crippen LogP contribution in [-0.2, 0) is 20.7 Å². The Morgan fingerprint density at radius 2 is 1.77 bits per heavy atom. The normalized spacial score (nSPS) is 27.6. The van der Waals surface area contributed by atoms with E-state index in [4.69, 9.17) is 9.47 Å². The Labute approximate surface area is 161 Å². The lowest BCUT2D eigenvalue weighted by Crippen LogP contribution is -2.50. The number of ether oxygens (including phenoxy) is 2. The number of carbonyl (C=O) groups is 2. The van der Waals surface area contributed by atoms with Gasteiger partial charge in [-0.25, -0.2) is 4.79 Å². The topological polar surface area (TPSA) is 64.6 Å². The molecule has 26 heavy (non-hydrogen) atoms. The summed E-state index contributed by atoms with van der Waals surface area (Å²) >= 11 is 0. The predicted octanol–water partition coefficient (Wildman–Crippen LogP) is 3.00. The average molecular weight is 382 g/mol. The van der Waals surface area contributed by atoms with Crippen molar-refractivity contribution in [1.29, 1.82) is 0 Å². The van der Waals surface area contributed by atoms with E-state index >= 15 is 0 Å². The maximum absolute atomic E-state index is 11.8. The van der Waals surface area contributed by atoms with Crippen molar-refractivity contribution in [2.45, 2.75) is 38.1 Å². The van der Waals surface area contributed by atoms with Crippen molar-refractivity contribution in [3.05, 3.63) is 35.4 Å². The molecule has 1 saturated carbocycles. The highest BCUT2D eigenvalue weighted by molar-refractivity contribution is 5.89. The van der Waals surface area contributed by atoms with Crippen LogP contribution in [0.2, 0.25) is 0 Å². The third-order valence-electron chi connectivity index (χ3n) is 5.80. The molecule has 1 N–H and O–H groups in total. The summed E-state index contributed by atoms with van der Waals surface area (Å²) in [6.07, 6.45) is 5.52. The van der Waals surface area contributed by atoms with Gasteiger partial charge in [0.2, 0.25) is 0 Å². The molecule has 0 amide bonds. The number of esters is 2. The smallest absolute Gasteiger partial charge is 0.337 e. The van der Waals surface area contributed by atoms with Crippen molar-refractivity contribution in [2.24, 2.45) is 17.8 Å². The molecule has 2 aliphatic rings. The second-order valence-corrected chi connectivity index (χ2v) is 7.31. The Morgan fingerprint density at radius 1 is 1.04 bits per heavy atom. The second kappa shape index (κ2) is 9.38. The van der Waals surface area contributed by atoms with Crippen LogP contribution in [0.5, 0.6) is 0 Å². The van der Waals surface area contributed by atoms with Crippen LogP contribution in [0, 0.1) is 17.8 Å². The number of halogens is 1.